The van der Waals surface area contributed by atoms with Crippen LogP contribution in [0.2, 0.25) is 0 Å². The predicted octanol–water partition coefficient (Wildman–Crippen LogP) is -0.504. The fourth-order valence-electron chi connectivity index (χ4n) is 1.56. The van der Waals surface area contributed by atoms with Gasteiger partial charge in [0.25, 0.3) is 0 Å². The second kappa shape index (κ2) is 5.62. The minimum atomic E-state index is -2.31. The van der Waals surface area contributed by atoms with Crippen LogP contribution < -0.4 is 10.2 Å². The van der Waals surface area contributed by atoms with Crippen LogP contribution in [-0.4, -0.2) is 43.5 Å². The van der Waals surface area contributed by atoms with Gasteiger partial charge in [-0.2, -0.15) is 0 Å². The summed E-state index contributed by atoms with van der Waals surface area (Å²) >= 11 is 0. The number of hydrogen-bond acceptors (Lipinski definition) is 5. The standard InChI is InChI=1S/C12H14BN3O3S/c1-20(2,19)16-11-5-3-9(4-6-11)12-14-7-10(8-15-12)13(17)18/h3-8,17-18H,1H2,2H3,(H,16,19). The topological polar surface area (TPSA) is 95.3 Å². The molecule has 2 rings (SSSR count). The lowest BCUT2D eigenvalue weighted by Gasteiger charge is -2.08. The summed E-state index contributed by atoms with van der Waals surface area (Å²) in [5, 5.41) is 17.9. The SMILES string of the molecule is C=S(C)(=O)Nc1ccc(-c2ncc(B(O)O)cn2)cc1. The Balaban J connectivity index is 2.21. The van der Waals surface area contributed by atoms with Gasteiger partial charge in [-0.05, 0) is 30.1 Å². The molecule has 0 saturated carbocycles. The van der Waals surface area contributed by atoms with Gasteiger partial charge in [0.05, 0.1) is 0 Å². The number of benzene rings is 1. The van der Waals surface area contributed by atoms with Gasteiger partial charge in [-0.15, -0.1) is 0 Å². The van der Waals surface area contributed by atoms with Crippen molar-refractivity contribution in [3.8, 4) is 11.4 Å². The average Bonchev–Trinajstić information content (AvgIpc) is 2.38. The molecule has 3 N–H and O–H groups in total. The van der Waals surface area contributed by atoms with Crippen molar-refractivity contribution in [2.24, 2.45) is 0 Å². The predicted molar refractivity (Wildman–Crippen MR) is 82.1 cm³/mol. The fourth-order valence-corrected chi connectivity index (χ4v) is 2.19. The zero-order valence-corrected chi connectivity index (χ0v) is 11.7. The number of rotatable bonds is 4. The molecule has 0 aliphatic heterocycles. The summed E-state index contributed by atoms with van der Waals surface area (Å²) in [5.41, 5.74) is 1.69. The quantitative estimate of drug-likeness (QED) is 0.521. The van der Waals surface area contributed by atoms with Gasteiger partial charge >= 0.3 is 7.12 Å². The Morgan fingerprint density at radius 3 is 2.20 bits per heavy atom. The van der Waals surface area contributed by atoms with E-state index in [0.29, 0.717) is 11.5 Å². The van der Waals surface area contributed by atoms with E-state index in [0.717, 1.165) is 5.56 Å². The van der Waals surface area contributed by atoms with E-state index in [2.05, 4.69) is 20.6 Å². The summed E-state index contributed by atoms with van der Waals surface area (Å²) < 4.78 is 14.3. The first-order chi connectivity index (χ1) is 9.35. The Kier molecular flexibility index (Phi) is 4.08. The third kappa shape index (κ3) is 3.80. The molecule has 0 bridgehead atoms. The molecule has 0 radical (unpaired) electrons. The molecule has 0 fully saturated rings. The van der Waals surface area contributed by atoms with E-state index in [-0.39, 0.29) is 5.46 Å². The smallest absolute Gasteiger partial charge is 0.423 e. The van der Waals surface area contributed by atoms with E-state index in [1.54, 1.807) is 24.3 Å². The van der Waals surface area contributed by atoms with Crippen LogP contribution in [0.3, 0.4) is 0 Å². The fraction of sp³-hybridized carbons (Fsp3) is 0.0833. The van der Waals surface area contributed by atoms with Crippen molar-refractivity contribution in [3.05, 3.63) is 36.7 Å². The molecule has 1 atom stereocenters. The highest BCUT2D eigenvalue weighted by atomic mass is 32.2. The Morgan fingerprint density at radius 1 is 1.20 bits per heavy atom. The molecule has 0 aliphatic rings. The summed E-state index contributed by atoms with van der Waals surface area (Å²) in [6.07, 6.45) is 4.23. The minimum Gasteiger partial charge on any atom is -0.423 e. The molecule has 104 valence electrons. The van der Waals surface area contributed by atoms with E-state index >= 15 is 0 Å². The van der Waals surface area contributed by atoms with Crippen molar-refractivity contribution in [1.82, 2.24) is 9.97 Å². The van der Waals surface area contributed by atoms with Gasteiger partial charge < -0.3 is 14.8 Å². The van der Waals surface area contributed by atoms with Crippen molar-refractivity contribution in [3.63, 3.8) is 0 Å². The maximum Gasteiger partial charge on any atom is 0.491 e. The summed E-state index contributed by atoms with van der Waals surface area (Å²) in [7, 11) is -3.88. The number of aromatic nitrogens is 2. The van der Waals surface area contributed by atoms with Gasteiger partial charge in [-0.25, -0.2) is 14.2 Å². The molecular formula is C12H14BN3O3S. The largest absolute Gasteiger partial charge is 0.491 e. The molecule has 8 heteroatoms. The molecule has 1 unspecified atom stereocenters. The van der Waals surface area contributed by atoms with Gasteiger partial charge in [-0.3, -0.25) is 0 Å². The second-order valence-electron chi connectivity index (χ2n) is 4.40. The van der Waals surface area contributed by atoms with Crippen LogP contribution in [-0.2, 0) is 9.71 Å². The molecule has 1 heterocycles. The Labute approximate surface area is 117 Å². The molecule has 1 aromatic carbocycles. The summed E-state index contributed by atoms with van der Waals surface area (Å²) in [6, 6.07) is 7.05. The lowest BCUT2D eigenvalue weighted by atomic mass is 9.83. The molecule has 0 saturated heterocycles. The Morgan fingerprint density at radius 2 is 1.75 bits per heavy atom. The van der Waals surface area contributed by atoms with Gasteiger partial charge in [0.15, 0.2) is 5.82 Å². The maximum atomic E-state index is 11.5. The average molecular weight is 291 g/mol. The molecule has 20 heavy (non-hydrogen) atoms. The highest BCUT2D eigenvalue weighted by Crippen LogP contribution is 2.17. The maximum absolute atomic E-state index is 11.5. The normalized spacial score (nSPS) is 13.6. The Bertz CT molecular complexity index is 685. The molecular weight excluding hydrogens is 277 g/mol. The van der Waals surface area contributed by atoms with Gasteiger partial charge in [0.1, 0.15) is 0 Å². The summed E-state index contributed by atoms with van der Waals surface area (Å²) in [6.45, 7) is 0. The highest BCUT2D eigenvalue weighted by molar-refractivity contribution is 8.00. The zero-order chi connectivity index (χ0) is 14.8. The molecule has 0 amide bonds. The van der Waals surface area contributed by atoms with E-state index < -0.39 is 16.8 Å². The van der Waals surface area contributed by atoms with Crippen molar-refractivity contribution >= 4 is 33.8 Å². The van der Waals surface area contributed by atoms with Gasteiger partial charge in [0, 0.05) is 45.1 Å². The van der Waals surface area contributed by atoms with Crippen molar-refractivity contribution in [1.29, 1.82) is 0 Å². The van der Waals surface area contributed by atoms with Crippen LogP contribution in [0.4, 0.5) is 5.69 Å². The Hall–Kier alpha value is -1.90. The molecule has 1 aromatic heterocycles. The molecule has 2 aromatic rings. The summed E-state index contributed by atoms with van der Waals surface area (Å²) in [4.78, 5) is 8.11. The summed E-state index contributed by atoms with van der Waals surface area (Å²) in [5.74, 6) is 3.98. The third-order valence-electron chi connectivity index (χ3n) is 2.45. The first-order valence-electron chi connectivity index (χ1n) is 5.74. The molecule has 0 spiro atoms. The monoisotopic (exact) mass is 291 g/mol. The van der Waals surface area contributed by atoms with Gasteiger partial charge in [-0.1, -0.05) is 0 Å². The molecule has 0 aliphatic carbocycles. The number of hydrogen-bond donors (Lipinski definition) is 3. The van der Waals surface area contributed by atoms with Crippen LogP contribution in [0.1, 0.15) is 0 Å². The second-order valence-corrected chi connectivity index (χ2v) is 6.61. The lowest BCUT2D eigenvalue weighted by molar-refractivity contribution is 0.425. The van der Waals surface area contributed by atoms with E-state index in [9.17, 15) is 4.21 Å². The van der Waals surface area contributed by atoms with Crippen molar-refractivity contribution in [2.75, 3.05) is 11.0 Å². The first kappa shape index (κ1) is 14.5. The van der Waals surface area contributed by atoms with E-state index in [1.807, 2.05) is 0 Å². The minimum absolute atomic E-state index is 0.231. The van der Waals surface area contributed by atoms with Crippen molar-refractivity contribution < 1.29 is 14.3 Å². The van der Waals surface area contributed by atoms with Crippen LogP contribution in [0.15, 0.2) is 36.7 Å². The first-order valence-corrected chi connectivity index (χ1v) is 7.87. The number of nitrogens with one attached hydrogen (secondary N) is 1. The van der Waals surface area contributed by atoms with E-state index in [1.165, 1.54) is 18.6 Å². The number of nitrogens with zero attached hydrogens (tertiary/aromatic N) is 2. The zero-order valence-electron chi connectivity index (χ0n) is 10.9. The van der Waals surface area contributed by atoms with Crippen molar-refractivity contribution in [2.45, 2.75) is 0 Å². The highest BCUT2D eigenvalue weighted by Gasteiger charge is 2.12. The van der Waals surface area contributed by atoms with Crippen LogP contribution in [0.25, 0.3) is 11.4 Å². The third-order valence-corrected chi connectivity index (χ3v) is 3.11. The molecule has 6 nitrogen and oxygen atoms in total. The van der Waals surface area contributed by atoms with Crippen LogP contribution in [0, 0.1) is 0 Å². The van der Waals surface area contributed by atoms with Crippen LogP contribution in [0.5, 0.6) is 0 Å². The number of anilines is 1. The van der Waals surface area contributed by atoms with Gasteiger partial charge in [0.2, 0.25) is 0 Å². The van der Waals surface area contributed by atoms with Crippen LogP contribution >= 0.6 is 0 Å². The van der Waals surface area contributed by atoms with E-state index in [4.69, 9.17) is 10.0 Å². The lowest BCUT2D eigenvalue weighted by Crippen LogP contribution is -2.30.